The molecule has 1 unspecified atom stereocenters. The summed E-state index contributed by atoms with van der Waals surface area (Å²) in [5.74, 6) is -0.112. The number of hydrogen-bond donors (Lipinski definition) is 1. The molecule has 1 aliphatic heterocycles. The van der Waals surface area contributed by atoms with Crippen molar-refractivity contribution in [1.29, 1.82) is 0 Å². The molecule has 4 nitrogen and oxygen atoms in total. The third-order valence-electron chi connectivity index (χ3n) is 4.56. The van der Waals surface area contributed by atoms with Gasteiger partial charge in [-0.05, 0) is 36.4 Å². The van der Waals surface area contributed by atoms with Gasteiger partial charge < -0.3 is 10.2 Å². The standard InChI is InChI=1S/C19H20F3N3O/c1-13(26)24-11-18(2)10-16-17(4-3-9-23-16)25(12-18)15-7-5-14(6-8-15)19(20,21)22/h3-9H,10-12H2,1-2H3,(H,24,26). The molecule has 0 aliphatic carbocycles. The maximum atomic E-state index is 12.8. The molecule has 0 fully saturated rings. The Balaban J connectivity index is 1.95. The number of halogens is 3. The third kappa shape index (κ3) is 3.81. The number of nitrogens with zero attached hydrogens (tertiary/aromatic N) is 2. The van der Waals surface area contributed by atoms with Gasteiger partial charge in [-0.25, -0.2) is 0 Å². The van der Waals surface area contributed by atoms with E-state index < -0.39 is 11.7 Å². The highest BCUT2D eigenvalue weighted by atomic mass is 19.4. The summed E-state index contributed by atoms with van der Waals surface area (Å²) in [4.78, 5) is 17.7. The zero-order valence-corrected chi connectivity index (χ0v) is 14.6. The molecule has 1 amide bonds. The molecule has 2 aromatic rings. The number of amides is 1. The summed E-state index contributed by atoms with van der Waals surface area (Å²) in [5.41, 5.74) is 1.46. The Morgan fingerprint density at radius 1 is 1.27 bits per heavy atom. The first kappa shape index (κ1) is 18.2. The van der Waals surface area contributed by atoms with E-state index in [1.165, 1.54) is 19.1 Å². The molecule has 0 bridgehead atoms. The fourth-order valence-electron chi connectivity index (χ4n) is 3.26. The molecule has 0 saturated carbocycles. The van der Waals surface area contributed by atoms with Gasteiger partial charge in [0, 0.05) is 43.7 Å². The predicted octanol–water partition coefficient (Wildman–Crippen LogP) is 3.94. The molecule has 1 aromatic heterocycles. The van der Waals surface area contributed by atoms with Crippen LogP contribution in [0.5, 0.6) is 0 Å². The van der Waals surface area contributed by atoms with Gasteiger partial charge in [0.2, 0.25) is 5.91 Å². The van der Waals surface area contributed by atoms with E-state index in [0.717, 1.165) is 23.5 Å². The Morgan fingerprint density at radius 2 is 1.96 bits per heavy atom. The van der Waals surface area contributed by atoms with E-state index in [1.54, 1.807) is 6.20 Å². The van der Waals surface area contributed by atoms with Gasteiger partial charge in [-0.15, -0.1) is 0 Å². The molecule has 0 saturated heterocycles. The Morgan fingerprint density at radius 3 is 2.58 bits per heavy atom. The van der Waals surface area contributed by atoms with Gasteiger partial charge in [-0.2, -0.15) is 13.2 Å². The second-order valence-corrected chi connectivity index (χ2v) is 7.00. The number of carbonyl (C=O) groups excluding carboxylic acids is 1. The van der Waals surface area contributed by atoms with Crippen molar-refractivity contribution in [2.45, 2.75) is 26.4 Å². The van der Waals surface area contributed by atoms with Crippen molar-refractivity contribution in [3.63, 3.8) is 0 Å². The minimum Gasteiger partial charge on any atom is -0.356 e. The maximum absolute atomic E-state index is 12.8. The molecule has 26 heavy (non-hydrogen) atoms. The SMILES string of the molecule is CC(=O)NCC1(C)Cc2ncccc2N(c2ccc(C(F)(F)F)cc2)C1. The lowest BCUT2D eigenvalue weighted by Gasteiger charge is -2.42. The fraction of sp³-hybridized carbons (Fsp3) is 0.368. The summed E-state index contributed by atoms with van der Waals surface area (Å²) in [6, 6.07) is 8.86. The van der Waals surface area contributed by atoms with Gasteiger partial charge in [0.05, 0.1) is 16.9 Å². The van der Waals surface area contributed by atoms with Crippen molar-refractivity contribution < 1.29 is 18.0 Å². The lowest BCUT2D eigenvalue weighted by Crippen LogP contribution is -2.46. The number of pyridine rings is 1. The van der Waals surface area contributed by atoms with Crippen LogP contribution in [-0.2, 0) is 17.4 Å². The van der Waals surface area contributed by atoms with Crippen LogP contribution in [0, 0.1) is 5.41 Å². The summed E-state index contributed by atoms with van der Waals surface area (Å²) >= 11 is 0. The van der Waals surface area contributed by atoms with Gasteiger partial charge in [0.15, 0.2) is 0 Å². The first-order valence-corrected chi connectivity index (χ1v) is 8.31. The highest BCUT2D eigenvalue weighted by Crippen LogP contribution is 2.40. The third-order valence-corrected chi connectivity index (χ3v) is 4.56. The van der Waals surface area contributed by atoms with Crippen molar-refractivity contribution in [1.82, 2.24) is 10.3 Å². The molecule has 1 aliphatic rings. The summed E-state index contributed by atoms with van der Waals surface area (Å²) < 4.78 is 38.5. The highest BCUT2D eigenvalue weighted by molar-refractivity contribution is 5.73. The van der Waals surface area contributed by atoms with E-state index in [1.807, 2.05) is 24.0 Å². The minimum atomic E-state index is -4.36. The first-order valence-electron chi connectivity index (χ1n) is 8.31. The minimum absolute atomic E-state index is 0.112. The Bertz CT molecular complexity index is 804. The molecular formula is C19H20F3N3O. The second kappa shape index (κ2) is 6.63. The molecule has 1 N–H and O–H groups in total. The molecule has 0 radical (unpaired) electrons. The molecule has 1 atom stereocenters. The van der Waals surface area contributed by atoms with Gasteiger partial charge in [-0.1, -0.05) is 6.92 Å². The summed E-state index contributed by atoms with van der Waals surface area (Å²) in [7, 11) is 0. The molecule has 7 heteroatoms. The lowest BCUT2D eigenvalue weighted by molar-refractivity contribution is -0.137. The van der Waals surface area contributed by atoms with E-state index in [4.69, 9.17) is 0 Å². The number of rotatable bonds is 3. The normalized spacial score (nSPS) is 19.8. The van der Waals surface area contributed by atoms with E-state index in [9.17, 15) is 18.0 Å². The number of carbonyl (C=O) groups is 1. The summed E-state index contributed by atoms with van der Waals surface area (Å²) in [6.45, 7) is 4.54. The van der Waals surface area contributed by atoms with Crippen LogP contribution in [0.2, 0.25) is 0 Å². The number of hydrogen-bond acceptors (Lipinski definition) is 3. The molecule has 3 rings (SSSR count). The van der Waals surface area contributed by atoms with Crippen molar-refractivity contribution in [2.24, 2.45) is 5.41 Å². The average molecular weight is 363 g/mol. The van der Waals surface area contributed by atoms with E-state index in [-0.39, 0.29) is 11.3 Å². The molecular weight excluding hydrogens is 343 g/mol. The quantitative estimate of drug-likeness (QED) is 0.899. The van der Waals surface area contributed by atoms with E-state index in [0.29, 0.717) is 25.2 Å². The number of benzene rings is 1. The smallest absolute Gasteiger partial charge is 0.356 e. The van der Waals surface area contributed by atoms with Crippen LogP contribution in [-0.4, -0.2) is 24.0 Å². The first-order chi connectivity index (χ1) is 12.2. The van der Waals surface area contributed by atoms with Crippen molar-refractivity contribution in [3.8, 4) is 0 Å². The van der Waals surface area contributed by atoms with E-state index >= 15 is 0 Å². The summed E-state index contributed by atoms with van der Waals surface area (Å²) in [5, 5.41) is 2.85. The highest BCUT2D eigenvalue weighted by Gasteiger charge is 2.36. The van der Waals surface area contributed by atoms with Crippen molar-refractivity contribution in [3.05, 3.63) is 53.9 Å². The summed E-state index contributed by atoms with van der Waals surface area (Å²) in [6.07, 6.45) is -1.98. The van der Waals surface area contributed by atoms with Crippen LogP contribution in [0.1, 0.15) is 25.1 Å². The van der Waals surface area contributed by atoms with Gasteiger partial charge in [0.1, 0.15) is 0 Å². The number of nitrogens with one attached hydrogen (secondary N) is 1. The number of alkyl halides is 3. The van der Waals surface area contributed by atoms with Crippen LogP contribution < -0.4 is 10.2 Å². The molecule has 1 aromatic carbocycles. The van der Waals surface area contributed by atoms with Gasteiger partial charge in [0.25, 0.3) is 0 Å². The van der Waals surface area contributed by atoms with Crippen LogP contribution in [0.15, 0.2) is 42.6 Å². The van der Waals surface area contributed by atoms with Crippen molar-refractivity contribution >= 4 is 17.3 Å². The number of aromatic nitrogens is 1. The number of fused-ring (bicyclic) bond motifs is 1. The Kier molecular flexibility index (Phi) is 4.64. The topological polar surface area (TPSA) is 45.2 Å². The van der Waals surface area contributed by atoms with Crippen LogP contribution in [0.25, 0.3) is 0 Å². The van der Waals surface area contributed by atoms with Crippen LogP contribution in [0.4, 0.5) is 24.5 Å². The Hall–Kier alpha value is -2.57. The second-order valence-electron chi connectivity index (χ2n) is 7.00. The number of anilines is 2. The Labute approximate surface area is 150 Å². The lowest BCUT2D eigenvalue weighted by atomic mass is 9.80. The van der Waals surface area contributed by atoms with E-state index in [2.05, 4.69) is 10.3 Å². The predicted molar refractivity (Wildman–Crippen MR) is 93.2 cm³/mol. The molecule has 138 valence electrons. The van der Waals surface area contributed by atoms with Crippen LogP contribution >= 0.6 is 0 Å². The van der Waals surface area contributed by atoms with Gasteiger partial charge >= 0.3 is 6.18 Å². The zero-order valence-electron chi connectivity index (χ0n) is 14.6. The fourth-order valence-corrected chi connectivity index (χ4v) is 3.26. The largest absolute Gasteiger partial charge is 0.416 e. The average Bonchev–Trinajstić information content (AvgIpc) is 2.59. The molecule has 0 spiro atoms. The monoisotopic (exact) mass is 363 g/mol. The van der Waals surface area contributed by atoms with Crippen LogP contribution in [0.3, 0.4) is 0 Å². The maximum Gasteiger partial charge on any atom is 0.416 e. The molecule has 2 heterocycles. The van der Waals surface area contributed by atoms with Gasteiger partial charge in [-0.3, -0.25) is 9.78 Å². The zero-order chi connectivity index (χ0) is 18.9. The van der Waals surface area contributed by atoms with Crippen molar-refractivity contribution in [2.75, 3.05) is 18.0 Å².